The predicted molar refractivity (Wildman–Crippen MR) is 108 cm³/mol. The average Bonchev–Trinajstić information content (AvgIpc) is 3.01. The first-order valence-electron chi connectivity index (χ1n) is 9.70. The van der Waals surface area contributed by atoms with E-state index in [1.165, 1.54) is 24.1 Å². The quantitative estimate of drug-likeness (QED) is 0.459. The summed E-state index contributed by atoms with van der Waals surface area (Å²) in [5.74, 6) is 0. The maximum Gasteiger partial charge on any atom is -1.00 e. The smallest absolute Gasteiger partial charge is 1.00 e. The molecule has 0 amide bonds. The minimum Gasteiger partial charge on any atom is -1.00 e. The summed E-state index contributed by atoms with van der Waals surface area (Å²) in [7, 11) is -1.22. The molecule has 0 N–H and O–H groups in total. The maximum atomic E-state index is 2.72. The Balaban J connectivity index is 0.00000131. The van der Waals surface area contributed by atoms with E-state index < -0.39 is 31.0 Å². The zero-order valence-corrected chi connectivity index (χ0v) is 23.4. The molecule has 4 heteroatoms. The largest absolute Gasteiger partial charge is 1.00 e. The Morgan fingerprint density at radius 3 is 2.11 bits per heavy atom. The normalized spacial score (nSPS) is 26.7. The van der Waals surface area contributed by atoms with Crippen LogP contribution in [0.25, 0.3) is 6.08 Å². The molecule has 0 spiro atoms. The van der Waals surface area contributed by atoms with Gasteiger partial charge in [-0.2, -0.15) is 0 Å². The van der Waals surface area contributed by atoms with Gasteiger partial charge in [-0.15, -0.1) is 0 Å². The van der Waals surface area contributed by atoms with Gasteiger partial charge < -0.3 is 24.8 Å². The van der Waals surface area contributed by atoms with E-state index in [2.05, 4.69) is 77.6 Å². The van der Waals surface area contributed by atoms with Crippen molar-refractivity contribution in [2.45, 2.75) is 62.5 Å². The molecule has 0 nitrogen and oxygen atoms in total. The molecule has 1 fully saturated rings. The van der Waals surface area contributed by atoms with Crippen molar-refractivity contribution in [3.63, 3.8) is 0 Å². The molecule has 2 aliphatic carbocycles. The number of hydrogen-bond acceptors (Lipinski definition) is 0. The van der Waals surface area contributed by atoms with Crippen LogP contribution in [0.5, 0.6) is 0 Å². The second kappa shape index (κ2) is 7.74. The molecule has 1 saturated heterocycles. The van der Waals surface area contributed by atoms with E-state index in [1.807, 2.05) is 3.33 Å². The van der Waals surface area contributed by atoms with Crippen LogP contribution in [0.1, 0.15) is 52.2 Å². The van der Waals surface area contributed by atoms with Crippen molar-refractivity contribution in [2.24, 2.45) is 5.41 Å². The Morgan fingerprint density at radius 1 is 0.963 bits per heavy atom. The molecule has 1 aromatic carbocycles. The number of rotatable bonds is 3. The van der Waals surface area contributed by atoms with Gasteiger partial charge in [-0.3, -0.25) is 0 Å². The molecule has 0 radical (unpaired) electrons. The Kier molecular flexibility index (Phi) is 6.71. The van der Waals surface area contributed by atoms with Crippen LogP contribution in [0.3, 0.4) is 0 Å². The summed E-state index contributed by atoms with van der Waals surface area (Å²) in [5.41, 5.74) is 8.39. The molecule has 0 aromatic heterocycles. The first-order chi connectivity index (χ1) is 11.7. The average molecular weight is 584 g/mol. The Labute approximate surface area is 190 Å². The van der Waals surface area contributed by atoms with Crippen LogP contribution in [0.4, 0.5) is 0 Å². The fourth-order valence-corrected chi connectivity index (χ4v) is 22.5. The molecular weight excluding hydrogens is 554 g/mol. The van der Waals surface area contributed by atoms with Gasteiger partial charge in [-0.25, -0.2) is 0 Å². The summed E-state index contributed by atoms with van der Waals surface area (Å²) in [6.45, 7) is 14.9. The standard InChI is InChI=1S/C13H15Si.C10H15.2ClH.Hf/c1-14(9-4-10-14)13-8-7-11-5-2-3-6-12(11)13;1-7-6-10(4,5)9(3)8(7)2;;;/h2-3,5-8H,4,9-10H2,1H3;1-5H3;2*1H;/q;;;;+2/p-2. The van der Waals surface area contributed by atoms with Crippen molar-refractivity contribution in [3.8, 4) is 0 Å². The van der Waals surface area contributed by atoms with Gasteiger partial charge >= 0.3 is 166 Å². The van der Waals surface area contributed by atoms with Crippen LogP contribution in [-0.4, -0.2) is 8.07 Å². The van der Waals surface area contributed by atoms with Crippen molar-refractivity contribution in [1.82, 2.24) is 0 Å². The summed E-state index contributed by atoms with van der Waals surface area (Å²) in [6.07, 6.45) is 6.66. The van der Waals surface area contributed by atoms with Crippen LogP contribution < -0.4 is 24.8 Å². The number of allylic oxidation sites excluding steroid dienone is 5. The van der Waals surface area contributed by atoms with Crippen molar-refractivity contribution >= 4 is 14.1 Å². The van der Waals surface area contributed by atoms with Crippen molar-refractivity contribution in [2.75, 3.05) is 0 Å². The predicted octanol–water partition coefficient (Wildman–Crippen LogP) is 0.671. The van der Waals surface area contributed by atoms with Crippen molar-refractivity contribution < 1.29 is 47.7 Å². The van der Waals surface area contributed by atoms with Gasteiger partial charge in [0.1, 0.15) is 0 Å². The third-order valence-corrected chi connectivity index (χ3v) is 27.9. The second-order valence-electron chi connectivity index (χ2n) is 9.14. The van der Waals surface area contributed by atoms with E-state index in [0.29, 0.717) is 8.21 Å². The number of benzene rings is 1. The summed E-state index contributed by atoms with van der Waals surface area (Å²) >= 11 is -1.08. The van der Waals surface area contributed by atoms with Crippen LogP contribution in [0.2, 0.25) is 18.6 Å². The van der Waals surface area contributed by atoms with Crippen LogP contribution >= 0.6 is 0 Å². The Morgan fingerprint density at radius 2 is 1.59 bits per heavy atom. The summed E-state index contributed by atoms with van der Waals surface area (Å²) < 4.78 is 2.39. The van der Waals surface area contributed by atoms with Crippen LogP contribution in [0, 0.1) is 5.41 Å². The van der Waals surface area contributed by atoms with Crippen LogP contribution in [-0.2, 0) is 25.7 Å². The van der Waals surface area contributed by atoms with Gasteiger partial charge in [-0.1, -0.05) is 0 Å². The molecule has 1 atom stereocenters. The third kappa shape index (κ3) is 3.18. The molecule has 1 heterocycles. The molecule has 1 unspecified atom stereocenters. The minimum absolute atomic E-state index is 0. The molecule has 27 heavy (non-hydrogen) atoms. The molecular formula is C23H30Cl2HfSi. The SMILES string of the molecule is CC1=C(C)C(C)(C)[C]([Hf+2][C]2([Si]3(C)CCC3)C=Cc3ccccc32)=C1C.[Cl-].[Cl-]. The molecule has 0 saturated carbocycles. The van der Waals surface area contributed by atoms with E-state index in [1.54, 1.807) is 22.3 Å². The van der Waals surface area contributed by atoms with Gasteiger partial charge in [0.25, 0.3) is 0 Å². The molecule has 3 aliphatic rings. The summed E-state index contributed by atoms with van der Waals surface area (Å²) in [4.78, 5) is 0. The zero-order valence-electron chi connectivity index (χ0n) is 17.3. The van der Waals surface area contributed by atoms with Crippen LogP contribution in [0.15, 0.2) is 50.4 Å². The first kappa shape index (κ1) is 23.4. The minimum atomic E-state index is -1.22. The van der Waals surface area contributed by atoms with E-state index in [0.717, 1.165) is 0 Å². The second-order valence-corrected chi connectivity index (χ2v) is 21.4. The first-order valence-corrected chi connectivity index (χ1v) is 16.2. The van der Waals surface area contributed by atoms with Gasteiger partial charge in [0.05, 0.1) is 0 Å². The number of halogens is 2. The van der Waals surface area contributed by atoms with Gasteiger partial charge in [0, 0.05) is 0 Å². The fraction of sp³-hybridized carbons (Fsp3) is 0.478. The third-order valence-electron chi connectivity index (χ3n) is 7.69. The van der Waals surface area contributed by atoms with Crippen molar-refractivity contribution in [3.05, 3.63) is 61.5 Å². The van der Waals surface area contributed by atoms with Gasteiger partial charge in [0.15, 0.2) is 0 Å². The van der Waals surface area contributed by atoms with Gasteiger partial charge in [-0.05, 0) is 0 Å². The Hall–Kier alpha value is 0.107. The number of hydrogen-bond donors (Lipinski definition) is 0. The Bertz CT molecular complexity index is 846. The fourth-order valence-electron chi connectivity index (χ4n) is 5.23. The summed E-state index contributed by atoms with van der Waals surface area (Å²) in [5, 5.41) is 0. The molecule has 1 aliphatic heterocycles. The van der Waals surface area contributed by atoms with Gasteiger partial charge in [0.2, 0.25) is 0 Å². The molecule has 0 bridgehead atoms. The zero-order chi connectivity index (χ0) is 18.0. The van der Waals surface area contributed by atoms with E-state index in [9.17, 15) is 0 Å². The molecule has 4 rings (SSSR count). The van der Waals surface area contributed by atoms with E-state index in [-0.39, 0.29) is 24.8 Å². The van der Waals surface area contributed by atoms with Crippen molar-refractivity contribution in [1.29, 1.82) is 0 Å². The van der Waals surface area contributed by atoms with E-state index >= 15 is 0 Å². The monoisotopic (exact) mass is 584 g/mol. The topological polar surface area (TPSA) is 0 Å². The molecule has 144 valence electrons. The number of fused-ring (bicyclic) bond motifs is 1. The van der Waals surface area contributed by atoms with E-state index in [4.69, 9.17) is 0 Å². The summed E-state index contributed by atoms with van der Waals surface area (Å²) in [6, 6.07) is 12.4. The maximum absolute atomic E-state index is 2.72. The molecule has 1 aromatic rings.